The molecule has 13 heavy (non-hydrogen) atoms. The van der Waals surface area contributed by atoms with Gasteiger partial charge in [0.25, 0.3) is 0 Å². The molecule has 0 bridgehead atoms. The van der Waals surface area contributed by atoms with Crippen molar-refractivity contribution in [1.29, 1.82) is 0 Å². The van der Waals surface area contributed by atoms with Crippen molar-refractivity contribution in [2.24, 2.45) is 5.92 Å². The Labute approximate surface area is 80.1 Å². The lowest BCUT2D eigenvalue weighted by atomic mass is 10.1. The van der Waals surface area contributed by atoms with Crippen LogP contribution in [0, 0.1) is 5.92 Å². The maximum absolute atomic E-state index is 11.2. The van der Waals surface area contributed by atoms with E-state index in [9.17, 15) is 9.90 Å². The minimum absolute atomic E-state index is 0.294. The lowest BCUT2D eigenvalue weighted by Gasteiger charge is -2.22. The van der Waals surface area contributed by atoms with Crippen LogP contribution in [0.25, 0.3) is 0 Å². The lowest BCUT2D eigenvalue weighted by molar-refractivity contribution is -0.165. The molecule has 1 atom stereocenters. The molecule has 0 heterocycles. The number of hydrogen-bond acceptors (Lipinski definition) is 3. The standard InChI is InChI=1S/C10H20O3/c1-7(2)6-8(11)9(12)13-10(3,4)5/h7-8,11H,6H2,1-5H3/t8-/m0/s1. The van der Waals surface area contributed by atoms with Gasteiger partial charge in [0.15, 0.2) is 6.10 Å². The Hall–Kier alpha value is -0.570. The molecule has 0 radical (unpaired) electrons. The number of aliphatic hydroxyl groups excluding tert-OH is 1. The first-order valence-electron chi connectivity index (χ1n) is 4.63. The van der Waals surface area contributed by atoms with Gasteiger partial charge in [-0.3, -0.25) is 0 Å². The Morgan fingerprint density at radius 2 is 1.85 bits per heavy atom. The van der Waals surface area contributed by atoms with Crippen molar-refractivity contribution in [3.63, 3.8) is 0 Å². The fraction of sp³-hybridized carbons (Fsp3) is 0.900. The zero-order valence-electron chi connectivity index (χ0n) is 9.13. The fourth-order valence-corrected chi connectivity index (χ4v) is 0.913. The van der Waals surface area contributed by atoms with E-state index in [0.717, 1.165) is 0 Å². The molecule has 0 aliphatic rings. The summed E-state index contributed by atoms with van der Waals surface area (Å²) in [4.78, 5) is 11.2. The average molecular weight is 188 g/mol. The van der Waals surface area contributed by atoms with Crippen molar-refractivity contribution in [2.45, 2.75) is 52.7 Å². The summed E-state index contributed by atoms with van der Waals surface area (Å²) < 4.78 is 5.01. The Kier molecular flexibility index (Phi) is 4.40. The lowest BCUT2D eigenvalue weighted by Crippen LogP contribution is -2.32. The number of esters is 1. The average Bonchev–Trinajstić information content (AvgIpc) is 1.81. The summed E-state index contributed by atoms with van der Waals surface area (Å²) in [5.41, 5.74) is -0.519. The van der Waals surface area contributed by atoms with Gasteiger partial charge in [-0.25, -0.2) is 4.79 Å². The van der Waals surface area contributed by atoms with Crippen LogP contribution in [0.15, 0.2) is 0 Å². The molecule has 3 nitrogen and oxygen atoms in total. The van der Waals surface area contributed by atoms with Crippen LogP contribution < -0.4 is 0 Å². The van der Waals surface area contributed by atoms with Gasteiger partial charge in [-0.05, 0) is 33.1 Å². The van der Waals surface area contributed by atoms with Crippen molar-refractivity contribution in [3.8, 4) is 0 Å². The van der Waals surface area contributed by atoms with E-state index in [1.807, 2.05) is 13.8 Å². The Balaban J connectivity index is 3.97. The molecule has 0 unspecified atom stereocenters. The number of rotatable bonds is 3. The van der Waals surface area contributed by atoms with Crippen LogP contribution in [0.4, 0.5) is 0 Å². The van der Waals surface area contributed by atoms with Crippen LogP contribution in [0.5, 0.6) is 0 Å². The molecule has 0 aromatic heterocycles. The van der Waals surface area contributed by atoms with Crippen LogP contribution >= 0.6 is 0 Å². The maximum Gasteiger partial charge on any atom is 0.335 e. The summed E-state index contributed by atoms with van der Waals surface area (Å²) in [6.07, 6.45) is -0.534. The van der Waals surface area contributed by atoms with Crippen LogP contribution in [-0.4, -0.2) is 22.8 Å². The highest BCUT2D eigenvalue weighted by Crippen LogP contribution is 2.12. The van der Waals surface area contributed by atoms with Gasteiger partial charge in [0, 0.05) is 0 Å². The maximum atomic E-state index is 11.2. The molecule has 0 aromatic carbocycles. The molecule has 0 saturated carbocycles. The Bertz CT molecular complexity index is 167. The summed E-state index contributed by atoms with van der Waals surface area (Å²) in [5, 5.41) is 9.38. The van der Waals surface area contributed by atoms with Crippen molar-refractivity contribution in [2.75, 3.05) is 0 Å². The third kappa shape index (κ3) is 6.58. The molecule has 0 aromatic rings. The van der Waals surface area contributed by atoms with Crippen molar-refractivity contribution in [3.05, 3.63) is 0 Å². The highest BCUT2D eigenvalue weighted by atomic mass is 16.6. The Morgan fingerprint density at radius 3 is 2.15 bits per heavy atom. The molecular weight excluding hydrogens is 168 g/mol. The van der Waals surface area contributed by atoms with Crippen molar-refractivity contribution >= 4 is 5.97 Å². The van der Waals surface area contributed by atoms with Gasteiger partial charge in [-0.15, -0.1) is 0 Å². The van der Waals surface area contributed by atoms with E-state index >= 15 is 0 Å². The second-order valence-electron chi connectivity index (χ2n) is 4.68. The zero-order valence-corrected chi connectivity index (χ0v) is 9.13. The van der Waals surface area contributed by atoms with E-state index in [0.29, 0.717) is 12.3 Å². The van der Waals surface area contributed by atoms with Gasteiger partial charge in [0.2, 0.25) is 0 Å². The van der Waals surface area contributed by atoms with Gasteiger partial charge < -0.3 is 9.84 Å². The molecular formula is C10H20O3. The molecule has 0 saturated heterocycles. The van der Waals surface area contributed by atoms with E-state index in [1.165, 1.54) is 0 Å². The van der Waals surface area contributed by atoms with Crippen molar-refractivity contribution < 1.29 is 14.6 Å². The van der Waals surface area contributed by atoms with Gasteiger partial charge in [-0.2, -0.15) is 0 Å². The van der Waals surface area contributed by atoms with Gasteiger partial charge in [-0.1, -0.05) is 13.8 Å². The van der Waals surface area contributed by atoms with Gasteiger partial charge in [0.1, 0.15) is 5.60 Å². The van der Waals surface area contributed by atoms with E-state index in [1.54, 1.807) is 20.8 Å². The van der Waals surface area contributed by atoms with Gasteiger partial charge >= 0.3 is 5.97 Å². The third-order valence-electron chi connectivity index (χ3n) is 1.37. The SMILES string of the molecule is CC(C)C[C@H](O)C(=O)OC(C)(C)C. The molecule has 0 rings (SSSR count). The number of aliphatic hydroxyl groups is 1. The molecule has 0 aliphatic carbocycles. The first-order chi connectivity index (χ1) is 5.72. The molecule has 0 spiro atoms. The summed E-state index contributed by atoms with van der Waals surface area (Å²) in [6.45, 7) is 9.26. The number of hydrogen-bond donors (Lipinski definition) is 1. The number of carbonyl (C=O) groups excluding carboxylic acids is 1. The van der Waals surface area contributed by atoms with Crippen molar-refractivity contribution in [1.82, 2.24) is 0 Å². The first-order valence-corrected chi connectivity index (χ1v) is 4.63. The van der Waals surface area contributed by atoms with E-state index in [-0.39, 0.29) is 0 Å². The van der Waals surface area contributed by atoms with E-state index < -0.39 is 17.7 Å². The monoisotopic (exact) mass is 188 g/mol. The number of ether oxygens (including phenoxy) is 1. The predicted octanol–water partition coefficient (Wildman–Crippen LogP) is 1.74. The second-order valence-corrected chi connectivity index (χ2v) is 4.68. The smallest absolute Gasteiger partial charge is 0.335 e. The molecule has 0 fully saturated rings. The molecule has 0 aliphatic heterocycles. The number of carbonyl (C=O) groups is 1. The highest BCUT2D eigenvalue weighted by Gasteiger charge is 2.23. The van der Waals surface area contributed by atoms with E-state index in [2.05, 4.69) is 0 Å². The van der Waals surface area contributed by atoms with Crippen LogP contribution in [0.3, 0.4) is 0 Å². The van der Waals surface area contributed by atoms with Crippen LogP contribution in [0.1, 0.15) is 41.0 Å². The largest absolute Gasteiger partial charge is 0.458 e. The Morgan fingerprint density at radius 1 is 1.38 bits per heavy atom. The predicted molar refractivity (Wildman–Crippen MR) is 51.3 cm³/mol. The fourth-order valence-electron chi connectivity index (χ4n) is 0.913. The zero-order chi connectivity index (χ0) is 10.6. The normalized spacial score (nSPS) is 14.4. The summed E-state index contributed by atoms with van der Waals surface area (Å²) in [5.74, 6) is -0.233. The second kappa shape index (κ2) is 4.61. The summed E-state index contributed by atoms with van der Waals surface area (Å²) in [6, 6.07) is 0. The summed E-state index contributed by atoms with van der Waals surface area (Å²) >= 11 is 0. The molecule has 78 valence electrons. The highest BCUT2D eigenvalue weighted by molar-refractivity contribution is 5.74. The topological polar surface area (TPSA) is 46.5 Å². The molecule has 0 amide bonds. The van der Waals surface area contributed by atoms with Crippen LogP contribution in [0.2, 0.25) is 0 Å². The summed E-state index contributed by atoms with van der Waals surface area (Å²) in [7, 11) is 0. The minimum atomic E-state index is -0.987. The minimum Gasteiger partial charge on any atom is -0.458 e. The molecule has 1 N–H and O–H groups in total. The third-order valence-corrected chi connectivity index (χ3v) is 1.37. The van der Waals surface area contributed by atoms with E-state index in [4.69, 9.17) is 4.74 Å². The molecule has 3 heteroatoms. The first kappa shape index (κ1) is 12.4. The van der Waals surface area contributed by atoms with Gasteiger partial charge in [0.05, 0.1) is 0 Å². The quantitative estimate of drug-likeness (QED) is 0.686. The van der Waals surface area contributed by atoms with Crippen LogP contribution in [-0.2, 0) is 9.53 Å².